The smallest absolute Gasteiger partial charge is 0.134 e. The zero-order chi connectivity index (χ0) is 15.2. The number of ether oxygens (including phenoxy) is 1. The van der Waals surface area contributed by atoms with Crippen molar-refractivity contribution in [1.82, 2.24) is 5.32 Å². The minimum Gasteiger partial charge on any atom is -0.457 e. The molecule has 0 radical (unpaired) electrons. The van der Waals surface area contributed by atoms with Gasteiger partial charge in [0.05, 0.1) is 0 Å². The van der Waals surface area contributed by atoms with Crippen molar-refractivity contribution in [3.63, 3.8) is 0 Å². The van der Waals surface area contributed by atoms with E-state index in [0.29, 0.717) is 23.8 Å². The molecule has 1 atom stereocenters. The summed E-state index contributed by atoms with van der Waals surface area (Å²) in [5, 5.41) is 2.96. The third-order valence-corrected chi connectivity index (χ3v) is 3.72. The molecule has 0 aliphatic heterocycles. The van der Waals surface area contributed by atoms with Crippen LogP contribution in [-0.4, -0.2) is 7.05 Å². The molecule has 0 bridgehead atoms. The summed E-state index contributed by atoms with van der Waals surface area (Å²) >= 11 is 0. The first-order valence-corrected chi connectivity index (χ1v) is 7.35. The summed E-state index contributed by atoms with van der Waals surface area (Å²) in [5.41, 5.74) is 1.84. The summed E-state index contributed by atoms with van der Waals surface area (Å²) in [7, 11) is 1.79. The van der Waals surface area contributed by atoms with Crippen molar-refractivity contribution in [3.8, 4) is 11.5 Å². The second kappa shape index (κ2) is 7.23. The fraction of sp³-hybridized carbons (Fsp3) is 0.333. The standard InChI is InChI=1S/C18H22FNO/c1-4-13(2)14-8-10-15(11-9-14)21-18-7-5-6-17(19)16(18)12-20-3/h5-11,13,20H,4,12H2,1-3H3. The third kappa shape index (κ3) is 3.82. The van der Waals surface area contributed by atoms with Crippen molar-refractivity contribution < 1.29 is 9.13 Å². The van der Waals surface area contributed by atoms with Crippen LogP contribution in [0.2, 0.25) is 0 Å². The monoisotopic (exact) mass is 287 g/mol. The van der Waals surface area contributed by atoms with Crippen molar-refractivity contribution in [2.24, 2.45) is 0 Å². The molecule has 0 spiro atoms. The topological polar surface area (TPSA) is 21.3 Å². The van der Waals surface area contributed by atoms with E-state index < -0.39 is 0 Å². The van der Waals surface area contributed by atoms with Gasteiger partial charge < -0.3 is 10.1 Å². The van der Waals surface area contributed by atoms with Gasteiger partial charge in [-0.3, -0.25) is 0 Å². The average molecular weight is 287 g/mol. The van der Waals surface area contributed by atoms with Crippen molar-refractivity contribution in [3.05, 3.63) is 59.4 Å². The number of halogens is 1. The van der Waals surface area contributed by atoms with Gasteiger partial charge in [-0.2, -0.15) is 0 Å². The number of hydrogen-bond donors (Lipinski definition) is 1. The predicted octanol–water partition coefficient (Wildman–Crippen LogP) is 4.85. The highest BCUT2D eigenvalue weighted by Crippen LogP contribution is 2.28. The SMILES string of the molecule is CCC(C)c1ccc(Oc2cccc(F)c2CNC)cc1. The molecule has 0 saturated carbocycles. The lowest BCUT2D eigenvalue weighted by molar-refractivity contribution is 0.464. The molecule has 0 amide bonds. The second-order valence-corrected chi connectivity index (χ2v) is 5.23. The zero-order valence-corrected chi connectivity index (χ0v) is 12.8. The maximum Gasteiger partial charge on any atom is 0.134 e. The lowest BCUT2D eigenvalue weighted by atomic mass is 9.99. The van der Waals surface area contributed by atoms with Crippen LogP contribution in [0.5, 0.6) is 11.5 Å². The molecule has 0 fully saturated rings. The van der Waals surface area contributed by atoms with Gasteiger partial charge in [0, 0.05) is 12.1 Å². The van der Waals surface area contributed by atoms with Gasteiger partial charge in [-0.15, -0.1) is 0 Å². The molecule has 0 aromatic heterocycles. The van der Waals surface area contributed by atoms with Gasteiger partial charge >= 0.3 is 0 Å². The van der Waals surface area contributed by atoms with E-state index in [1.54, 1.807) is 19.2 Å². The quantitative estimate of drug-likeness (QED) is 0.820. The van der Waals surface area contributed by atoms with Gasteiger partial charge in [0.25, 0.3) is 0 Å². The minimum absolute atomic E-state index is 0.252. The van der Waals surface area contributed by atoms with E-state index in [4.69, 9.17) is 4.74 Å². The van der Waals surface area contributed by atoms with Crippen LogP contribution in [0.1, 0.15) is 37.3 Å². The molecule has 2 aromatic carbocycles. The molecule has 2 nitrogen and oxygen atoms in total. The molecule has 1 unspecified atom stereocenters. The number of rotatable bonds is 6. The Morgan fingerprint density at radius 1 is 1.14 bits per heavy atom. The van der Waals surface area contributed by atoms with E-state index in [1.165, 1.54) is 11.6 Å². The maximum atomic E-state index is 13.8. The first kappa shape index (κ1) is 15.5. The van der Waals surface area contributed by atoms with Gasteiger partial charge in [-0.1, -0.05) is 32.0 Å². The molecule has 21 heavy (non-hydrogen) atoms. The van der Waals surface area contributed by atoms with E-state index in [2.05, 4.69) is 31.3 Å². The predicted molar refractivity (Wildman–Crippen MR) is 84.4 cm³/mol. The molecular formula is C18H22FNO. The van der Waals surface area contributed by atoms with Crippen LogP contribution in [-0.2, 0) is 6.54 Å². The molecule has 3 heteroatoms. The largest absolute Gasteiger partial charge is 0.457 e. The Labute approximate surface area is 126 Å². The highest BCUT2D eigenvalue weighted by atomic mass is 19.1. The molecule has 0 saturated heterocycles. The first-order valence-electron chi connectivity index (χ1n) is 7.35. The maximum absolute atomic E-state index is 13.8. The Balaban J connectivity index is 2.20. The van der Waals surface area contributed by atoms with Crippen LogP contribution >= 0.6 is 0 Å². The molecule has 0 aliphatic rings. The summed E-state index contributed by atoms with van der Waals surface area (Å²) in [4.78, 5) is 0. The van der Waals surface area contributed by atoms with Gasteiger partial charge in [-0.25, -0.2) is 4.39 Å². The number of nitrogens with one attached hydrogen (secondary N) is 1. The van der Waals surface area contributed by atoms with E-state index >= 15 is 0 Å². The summed E-state index contributed by atoms with van der Waals surface area (Å²) in [6, 6.07) is 12.9. The summed E-state index contributed by atoms with van der Waals surface area (Å²) in [6.07, 6.45) is 1.11. The fourth-order valence-corrected chi connectivity index (χ4v) is 2.21. The van der Waals surface area contributed by atoms with Crippen LogP contribution in [0.4, 0.5) is 4.39 Å². The average Bonchev–Trinajstić information content (AvgIpc) is 2.51. The van der Waals surface area contributed by atoms with Gasteiger partial charge in [0.2, 0.25) is 0 Å². The van der Waals surface area contributed by atoms with E-state index in [9.17, 15) is 4.39 Å². The lowest BCUT2D eigenvalue weighted by Crippen LogP contribution is -2.08. The Hall–Kier alpha value is -1.87. The molecule has 0 heterocycles. The van der Waals surface area contributed by atoms with E-state index in [1.807, 2.05) is 12.1 Å². The first-order chi connectivity index (χ1) is 10.2. The molecular weight excluding hydrogens is 265 g/mol. The molecule has 1 N–H and O–H groups in total. The number of benzene rings is 2. The normalized spacial score (nSPS) is 12.2. The third-order valence-electron chi connectivity index (χ3n) is 3.72. The Morgan fingerprint density at radius 2 is 1.86 bits per heavy atom. The fourth-order valence-electron chi connectivity index (χ4n) is 2.21. The summed E-state index contributed by atoms with van der Waals surface area (Å²) in [5.74, 6) is 1.57. The molecule has 112 valence electrons. The lowest BCUT2D eigenvalue weighted by Gasteiger charge is -2.13. The van der Waals surface area contributed by atoms with Crippen molar-refractivity contribution >= 4 is 0 Å². The van der Waals surface area contributed by atoms with E-state index in [0.717, 1.165) is 12.2 Å². The Kier molecular flexibility index (Phi) is 5.34. The van der Waals surface area contributed by atoms with Crippen LogP contribution in [0.25, 0.3) is 0 Å². The molecule has 0 aliphatic carbocycles. The van der Waals surface area contributed by atoms with Crippen molar-refractivity contribution in [2.75, 3.05) is 7.05 Å². The summed E-state index contributed by atoms with van der Waals surface area (Å²) < 4.78 is 19.7. The van der Waals surface area contributed by atoms with Gasteiger partial charge in [-0.05, 0) is 49.2 Å². The van der Waals surface area contributed by atoms with Crippen LogP contribution in [0.3, 0.4) is 0 Å². The molecule has 2 rings (SSSR count). The Bertz CT molecular complexity index is 580. The van der Waals surface area contributed by atoms with Crippen LogP contribution in [0.15, 0.2) is 42.5 Å². The van der Waals surface area contributed by atoms with Crippen LogP contribution < -0.4 is 10.1 Å². The van der Waals surface area contributed by atoms with E-state index in [-0.39, 0.29) is 5.82 Å². The van der Waals surface area contributed by atoms with Gasteiger partial charge in [0.1, 0.15) is 17.3 Å². The summed E-state index contributed by atoms with van der Waals surface area (Å²) in [6.45, 7) is 4.81. The highest BCUT2D eigenvalue weighted by Gasteiger charge is 2.10. The van der Waals surface area contributed by atoms with Crippen molar-refractivity contribution in [2.45, 2.75) is 32.7 Å². The van der Waals surface area contributed by atoms with Crippen LogP contribution in [0, 0.1) is 5.82 Å². The number of hydrogen-bond acceptors (Lipinski definition) is 2. The van der Waals surface area contributed by atoms with Crippen molar-refractivity contribution in [1.29, 1.82) is 0 Å². The highest BCUT2D eigenvalue weighted by molar-refractivity contribution is 5.39. The second-order valence-electron chi connectivity index (χ2n) is 5.23. The zero-order valence-electron chi connectivity index (χ0n) is 12.8. The minimum atomic E-state index is -0.252. The van der Waals surface area contributed by atoms with Gasteiger partial charge in [0.15, 0.2) is 0 Å². The Morgan fingerprint density at radius 3 is 2.48 bits per heavy atom. The molecule has 2 aromatic rings.